The van der Waals surface area contributed by atoms with Crippen LogP contribution < -0.4 is 0 Å². The number of aliphatic hydroxyl groups is 3. The van der Waals surface area contributed by atoms with Crippen LogP contribution in [0.25, 0.3) is 0 Å². The summed E-state index contributed by atoms with van der Waals surface area (Å²) in [5.41, 5.74) is 0. The lowest BCUT2D eigenvalue weighted by Crippen LogP contribution is -2.53. The first kappa shape index (κ1) is 41.9. The van der Waals surface area contributed by atoms with Gasteiger partial charge in [0.25, 0.3) is 0 Å². The second-order valence-corrected chi connectivity index (χ2v) is 8.97. The normalized spacial score (nSPS) is 9.42. The summed E-state index contributed by atoms with van der Waals surface area (Å²) in [6.45, 7) is 0.488. The monoisotopic (exact) mass is 640 g/mol. The first-order chi connectivity index (χ1) is 24.3. The Morgan fingerprint density at radius 1 is 0.380 bits per heavy atom. The molecule has 0 bridgehead atoms. The Kier molecular flexibility index (Phi) is 24.8. The maximum absolute atomic E-state index is 10.9. The number of rotatable bonds is 8. The van der Waals surface area contributed by atoms with Crippen molar-refractivity contribution in [1.82, 2.24) is 0 Å². The highest BCUT2D eigenvalue weighted by atomic mass is 16.3. The fourth-order valence-electron chi connectivity index (χ4n) is 3.03. The second kappa shape index (κ2) is 29.6. The van der Waals surface area contributed by atoms with E-state index in [4.69, 9.17) is 12.8 Å². The van der Waals surface area contributed by atoms with Crippen molar-refractivity contribution in [1.29, 1.82) is 0 Å². The largest absolute Gasteiger partial charge is 0.390 e. The van der Waals surface area contributed by atoms with Gasteiger partial charge in [0.15, 0.2) is 18.2 Å². The third-order valence-corrected chi connectivity index (χ3v) is 4.96. The molecule has 0 aromatic heterocycles. The van der Waals surface area contributed by atoms with E-state index in [1.54, 1.807) is 14.1 Å². The molecule has 5 nitrogen and oxygen atoms in total. The zero-order chi connectivity index (χ0) is 36.9. The van der Waals surface area contributed by atoms with Gasteiger partial charge in [0, 0.05) is 82.9 Å². The Labute approximate surface area is 297 Å². The van der Waals surface area contributed by atoms with Crippen LogP contribution in [0, 0.1) is 214 Å². The van der Waals surface area contributed by atoms with Gasteiger partial charge in [0.2, 0.25) is 0 Å². The molecule has 3 N–H and O–H groups in total. The van der Waals surface area contributed by atoms with Crippen molar-refractivity contribution in [2.45, 2.75) is 6.10 Å². The maximum Gasteiger partial charge on any atom is 0.154 e. The number of hydrogen-bond acceptors (Lipinski definition) is 3. The SMILES string of the molecule is C#CC#CC#CC#CC#CC#CC#CC#CC#C[N+](C)(CCO)CC(O)C[N+](C)(C#CC#CC#CC#CC#CC#CC#CC#CC#C)CCO. The number of likely N-dealkylation sites (N-methyl/N-ethyl adjacent to an activating group) is 2. The number of aliphatic hydroxyl groups excluding tert-OH is 3. The van der Waals surface area contributed by atoms with Gasteiger partial charge in [-0.2, -0.15) is 0 Å². The second-order valence-electron chi connectivity index (χ2n) is 8.97. The van der Waals surface area contributed by atoms with E-state index in [1.807, 2.05) is 0 Å². The highest BCUT2D eigenvalue weighted by Gasteiger charge is 2.31. The number of hydrogen-bond donors (Lipinski definition) is 3. The summed E-state index contributed by atoms with van der Waals surface area (Å²) >= 11 is 0. The Balaban J connectivity index is 5.36. The van der Waals surface area contributed by atoms with Crippen molar-refractivity contribution in [3.05, 3.63) is 0 Å². The van der Waals surface area contributed by atoms with E-state index in [-0.39, 0.29) is 48.4 Å². The highest BCUT2D eigenvalue weighted by Crippen LogP contribution is 2.08. The summed E-state index contributed by atoms with van der Waals surface area (Å²) in [6.07, 6.45) is 9.03. The smallest absolute Gasteiger partial charge is 0.154 e. The van der Waals surface area contributed by atoms with Gasteiger partial charge in [-0.25, -0.2) is 8.97 Å². The maximum atomic E-state index is 10.9. The van der Waals surface area contributed by atoms with Crippen molar-refractivity contribution < 1.29 is 24.3 Å². The molecule has 0 saturated heterocycles. The summed E-state index contributed by atoms with van der Waals surface area (Å²) in [6, 6.07) is 5.89. The van der Waals surface area contributed by atoms with E-state index < -0.39 is 6.10 Å². The summed E-state index contributed by atoms with van der Waals surface area (Å²) in [7, 11) is 3.51. The van der Waals surface area contributed by atoms with E-state index in [2.05, 4.69) is 202 Å². The Bertz CT molecular complexity index is 2250. The van der Waals surface area contributed by atoms with Crippen LogP contribution in [-0.2, 0) is 0 Å². The number of terminal acetylenes is 2. The topological polar surface area (TPSA) is 60.7 Å². The molecule has 50 heavy (non-hydrogen) atoms. The Hall–Kier alpha value is -8.12. The molecule has 0 aliphatic heterocycles. The summed E-state index contributed by atoms with van der Waals surface area (Å²) in [5.74, 6) is 79.3. The van der Waals surface area contributed by atoms with Crippen molar-refractivity contribution in [2.24, 2.45) is 0 Å². The minimum atomic E-state index is -0.891. The van der Waals surface area contributed by atoms with Gasteiger partial charge in [0.05, 0.1) is 39.1 Å². The lowest BCUT2D eigenvalue weighted by atomic mass is 10.2. The molecule has 0 aromatic rings. The third kappa shape index (κ3) is 26.3. The van der Waals surface area contributed by atoms with E-state index in [9.17, 15) is 15.3 Å². The number of nitrogens with zero attached hydrogens (tertiary/aromatic N) is 2. The molecule has 2 unspecified atom stereocenters. The summed E-state index contributed by atoms with van der Waals surface area (Å²) in [5, 5.41) is 30.1. The predicted octanol–water partition coefficient (Wildman–Crippen LogP) is -1.54. The molecule has 0 heterocycles. The molecule has 0 aliphatic carbocycles. The molecule has 0 radical (unpaired) electrons. The quantitative estimate of drug-likeness (QED) is 0.223. The van der Waals surface area contributed by atoms with E-state index in [0.717, 1.165) is 0 Å². The van der Waals surface area contributed by atoms with Crippen LogP contribution in [0.3, 0.4) is 0 Å². The molecular weight excluding hydrogens is 617 g/mol. The molecule has 0 aliphatic rings. The van der Waals surface area contributed by atoms with Crippen LogP contribution in [0.15, 0.2) is 0 Å². The lowest BCUT2D eigenvalue weighted by molar-refractivity contribution is -0.870. The van der Waals surface area contributed by atoms with Gasteiger partial charge in [-0.1, -0.05) is 0 Å². The molecule has 0 fully saturated rings. The van der Waals surface area contributed by atoms with Gasteiger partial charge >= 0.3 is 0 Å². The first-order valence-corrected chi connectivity index (χ1v) is 13.9. The first-order valence-electron chi connectivity index (χ1n) is 13.9. The molecule has 0 saturated carbocycles. The summed E-state index contributed by atoms with van der Waals surface area (Å²) < 4.78 is 0.0148. The average Bonchev–Trinajstić information content (AvgIpc) is 3.08. The van der Waals surface area contributed by atoms with E-state index in [0.29, 0.717) is 0 Å². The van der Waals surface area contributed by atoms with Crippen LogP contribution in [0.4, 0.5) is 0 Å². The summed E-state index contributed by atoms with van der Waals surface area (Å²) in [4.78, 5) is 0. The van der Waals surface area contributed by atoms with Crippen molar-refractivity contribution >= 4 is 0 Å². The molecule has 0 rings (SSSR count). The van der Waals surface area contributed by atoms with Gasteiger partial charge in [-0.3, -0.25) is 0 Å². The molecule has 5 heteroatoms. The lowest BCUT2D eigenvalue weighted by Gasteiger charge is -2.32. The zero-order valence-corrected chi connectivity index (χ0v) is 27.2. The minimum absolute atomic E-state index is 0.00739. The highest BCUT2D eigenvalue weighted by molar-refractivity contribution is 5.47. The zero-order valence-electron chi connectivity index (χ0n) is 27.2. The predicted molar refractivity (Wildman–Crippen MR) is 194 cm³/mol. The average molecular weight is 641 g/mol. The van der Waals surface area contributed by atoms with E-state index in [1.165, 1.54) is 0 Å². The van der Waals surface area contributed by atoms with Crippen molar-refractivity contribution in [2.75, 3.05) is 53.5 Å². The molecule has 230 valence electrons. The Morgan fingerprint density at radius 3 is 0.780 bits per heavy atom. The van der Waals surface area contributed by atoms with Gasteiger partial charge in [-0.15, -0.1) is 12.8 Å². The van der Waals surface area contributed by atoms with Crippen molar-refractivity contribution in [3.8, 4) is 214 Å². The van der Waals surface area contributed by atoms with E-state index >= 15 is 0 Å². The molecule has 0 aromatic carbocycles. The molecule has 0 spiro atoms. The molecule has 0 amide bonds. The van der Waals surface area contributed by atoms with Crippen LogP contribution in [0.5, 0.6) is 0 Å². The van der Waals surface area contributed by atoms with Crippen LogP contribution >= 0.6 is 0 Å². The van der Waals surface area contributed by atoms with Crippen LogP contribution in [0.2, 0.25) is 0 Å². The van der Waals surface area contributed by atoms with Gasteiger partial charge in [0.1, 0.15) is 26.2 Å². The minimum Gasteiger partial charge on any atom is -0.390 e. The fourth-order valence-corrected chi connectivity index (χ4v) is 3.03. The molecule has 2 atom stereocenters. The molecular formula is C45H24N2O3+2. The van der Waals surface area contributed by atoms with Gasteiger partial charge < -0.3 is 15.3 Å². The van der Waals surface area contributed by atoms with Gasteiger partial charge in [-0.05, 0) is 94.7 Å². The fraction of sp³-hybridized carbons (Fsp3) is 0.200. The van der Waals surface area contributed by atoms with Crippen LogP contribution in [-0.4, -0.2) is 83.9 Å². The Morgan fingerprint density at radius 2 is 0.580 bits per heavy atom. The van der Waals surface area contributed by atoms with Crippen molar-refractivity contribution in [3.63, 3.8) is 0 Å². The third-order valence-electron chi connectivity index (χ3n) is 4.96. The standard InChI is InChI=1S/C45H24N2O3/c1-5-7-9-11-13-15-17-19-21-23-25-27-29-31-33-35-37-46(3,39-41-48)43-45(50)44-47(4,40-42-49)38-36-34-32-30-28-26-24-22-20-18-16-14-12-10-8-6-2/h1-2,45,48-50H,39-44H2,3-4H3/q+2. The number of quaternary nitrogens is 2. The van der Waals surface area contributed by atoms with Crippen LogP contribution in [0.1, 0.15) is 0 Å².